The van der Waals surface area contributed by atoms with Gasteiger partial charge in [-0.3, -0.25) is 4.79 Å². The first-order valence-electron chi connectivity index (χ1n) is 10.6. The lowest BCUT2D eigenvalue weighted by Crippen LogP contribution is -2.44. The second kappa shape index (κ2) is 8.63. The van der Waals surface area contributed by atoms with Gasteiger partial charge in [-0.05, 0) is 49.6 Å². The summed E-state index contributed by atoms with van der Waals surface area (Å²) in [6, 6.07) is 13.9. The van der Waals surface area contributed by atoms with Gasteiger partial charge in [-0.1, -0.05) is 29.5 Å². The number of nitrogens with zero attached hydrogens (tertiary/aromatic N) is 4. The van der Waals surface area contributed by atoms with Crippen LogP contribution < -0.4 is 5.32 Å². The summed E-state index contributed by atoms with van der Waals surface area (Å²) in [5.41, 5.74) is 2.08. The van der Waals surface area contributed by atoms with Gasteiger partial charge in [-0.25, -0.2) is 19.3 Å². The Bertz CT molecular complexity index is 1260. The summed E-state index contributed by atoms with van der Waals surface area (Å²) in [7, 11) is 1.85. The molecular formula is C24H22FN5OS. The maximum absolute atomic E-state index is 13.5. The van der Waals surface area contributed by atoms with Gasteiger partial charge in [0.1, 0.15) is 5.82 Å². The number of carbonyl (C=O) groups excluding carboxylic acids is 1. The average Bonchev–Trinajstić information content (AvgIpc) is 3.45. The molecule has 32 heavy (non-hydrogen) atoms. The van der Waals surface area contributed by atoms with Crippen LogP contribution in [0.1, 0.15) is 29.6 Å². The van der Waals surface area contributed by atoms with Gasteiger partial charge < -0.3 is 10.2 Å². The normalized spacial score (nSPS) is 18.1. The number of amides is 1. The molecule has 0 radical (unpaired) electrons. The van der Waals surface area contributed by atoms with Crippen molar-refractivity contribution in [1.29, 1.82) is 0 Å². The van der Waals surface area contributed by atoms with Crippen LogP contribution in [0.15, 0.2) is 60.9 Å². The van der Waals surface area contributed by atoms with Crippen LogP contribution in [0.25, 0.3) is 21.6 Å². The Hall–Kier alpha value is -3.39. The van der Waals surface area contributed by atoms with Gasteiger partial charge in [0.05, 0.1) is 21.8 Å². The fourth-order valence-corrected chi connectivity index (χ4v) is 5.29. The molecule has 0 spiro atoms. The number of thiazole rings is 1. The first kappa shape index (κ1) is 20.5. The standard InChI is InChI=1S/C24H22FN5OS/c1-30(23(31)17-7-3-2-6-16(17)22-26-12-5-13-27-22)20-9-4-8-18(20)28-24-29-19-11-10-15(25)14-21(19)32-24/h2-3,5-7,10-14,18,20H,4,8-9H2,1H3,(H,28,29)/t18-,20-/m1/s1. The Labute approximate surface area is 189 Å². The van der Waals surface area contributed by atoms with E-state index in [1.807, 2.05) is 36.2 Å². The van der Waals surface area contributed by atoms with Crippen molar-refractivity contribution in [2.75, 3.05) is 12.4 Å². The third-order valence-corrected chi connectivity index (χ3v) is 6.87. The van der Waals surface area contributed by atoms with E-state index in [0.717, 1.165) is 40.2 Å². The summed E-state index contributed by atoms with van der Waals surface area (Å²) in [5.74, 6) is 0.212. The van der Waals surface area contributed by atoms with Crippen molar-refractivity contribution in [3.8, 4) is 11.4 Å². The van der Waals surface area contributed by atoms with Gasteiger partial charge in [0.2, 0.25) is 0 Å². The summed E-state index contributed by atoms with van der Waals surface area (Å²) < 4.78 is 14.3. The monoisotopic (exact) mass is 447 g/mol. The Balaban J connectivity index is 1.38. The van der Waals surface area contributed by atoms with Gasteiger partial charge >= 0.3 is 0 Å². The van der Waals surface area contributed by atoms with E-state index in [2.05, 4.69) is 20.3 Å². The zero-order valence-electron chi connectivity index (χ0n) is 17.5. The maximum Gasteiger partial charge on any atom is 0.254 e. The Morgan fingerprint density at radius 3 is 2.78 bits per heavy atom. The van der Waals surface area contributed by atoms with Gasteiger partial charge in [0.25, 0.3) is 5.91 Å². The van der Waals surface area contributed by atoms with Crippen LogP contribution >= 0.6 is 11.3 Å². The number of rotatable bonds is 5. The largest absolute Gasteiger partial charge is 0.357 e. The molecule has 5 rings (SSSR count). The second-order valence-electron chi connectivity index (χ2n) is 7.91. The van der Waals surface area contributed by atoms with Gasteiger partial charge in [0.15, 0.2) is 11.0 Å². The molecule has 2 aromatic carbocycles. The maximum atomic E-state index is 13.5. The average molecular weight is 448 g/mol. The molecule has 0 unspecified atom stereocenters. The zero-order chi connectivity index (χ0) is 22.1. The number of nitrogens with one attached hydrogen (secondary N) is 1. The van der Waals surface area contributed by atoms with Crippen LogP contribution in [0, 0.1) is 5.82 Å². The molecule has 0 aliphatic heterocycles. The van der Waals surface area contributed by atoms with Crippen LogP contribution in [0.5, 0.6) is 0 Å². The van der Waals surface area contributed by atoms with E-state index in [9.17, 15) is 9.18 Å². The SMILES string of the molecule is CN(C(=O)c1ccccc1-c1ncccn1)[C@@H]1CCC[C@H]1Nc1nc2ccc(F)cc2s1. The van der Waals surface area contributed by atoms with Crippen molar-refractivity contribution in [2.45, 2.75) is 31.3 Å². The minimum absolute atomic E-state index is 0.0241. The van der Waals surface area contributed by atoms with E-state index in [4.69, 9.17) is 0 Å². The Morgan fingerprint density at radius 1 is 1.12 bits per heavy atom. The molecule has 1 amide bonds. The van der Waals surface area contributed by atoms with Crippen LogP contribution in [0.4, 0.5) is 9.52 Å². The zero-order valence-corrected chi connectivity index (χ0v) is 18.3. The van der Waals surface area contributed by atoms with E-state index in [0.29, 0.717) is 11.4 Å². The molecule has 1 N–H and O–H groups in total. The number of carbonyl (C=O) groups is 1. The highest BCUT2D eigenvalue weighted by Crippen LogP contribution is 2.32. The predicted molar refractivity (Wildman–Crippen MR) is 124 cm³/mol. The fraction of sp³-hybridized carbons (Fsp3) is 0.250. The third kappa shape index (κ3) is 3.93. The molecule has 1 fully saturated rings. The lowest BCUT2D eigenvalue weighted by Gasteiger charge is -2.30. The topological polar surface area (TPSA) is 71.0 Å². The Morgan fingerprint density at radius 2 is 1.94 bits per heavy atom. The number of hydrogen-bond donors (Lipinski definition) is 1. The minimum atomic E-state index is -0.266. The van der Waals surface area contributed by atoms with Gasteiger partial charge in [-0.15, -0.1) is 0 Å². The molecule has 2 atom stereocenters. The van der Waals surface area contributed by atoms with E-state index >= 15 is 0 Å². The van der Waals surface area contributed by atoms with E-state index < -0.39 is 0 Å². The summed E-state index contributed by atoms with van der Waals surface area (Å²) >= 11 is 1.43. The van der Waals surface area contributed by atoms with Crippen LogP contribution in [0.3, 0.4) is 0 Å². The van der Waals surface area contributed by atoms with Gasteiger partial charge in [-0.2, -0.15) is 0 Å². The molecule has 162 valence electrons. The molecule has 1 saturated carbocycles. The molecule has 2 heterocycles. The van der Waals surface area contributed by atoms with E-state index in [1.165, 1.54) is 23.5 Å². The second-order valence-corrected chi connectivity index (χ2v) is 8.94. The number of fused-ring (bicyclic) bond motifs is 1. The molecule has 1 aliphatic rings. The first-order valence-corrected chi connectivity index (χ1v) is 11.4. The Kier molecular flexibility index (Phi) is 5.53. The lowest BCUT2D eigenvalue weighted by molar-refractivity contribution is 0.0728. The molecule has 4 aromatic rings. The first-order chi connectivity index (χ1) is 15.6. The van der Waals surface area contributed by atoms with Crippen LogP contribution in [-0.2, 0) is 0 Å². The van der Waals surface area contributed by atoms with Crippen LogP contribution in [-0.4, -0.2) is 44.9 Å². The lowest BCUT2D eigenvalue weighted by atomic mass is 10.0. The van der Waals surface area contributed by atoms with E-state index in [1.54, 1.807) is 24.5 Å². The van der Waals surface area contributed by atoms with Gasteiger partial charge in [0, 0.05) is 31.0 Å². The summed E-state index contributed by atoms with van der Waals surface area (Å²) in [5, 5.41) is 4.25. The number of anilines is 1. The van der Waals surface area contributed by atoms with Crippen molar-refractivity contribution in [1.82, 2.24) is 19.9 Å². The van der Waals surface area contributed by atoms with Crippen molar-refractivity contribution >= 4 is 32.6 Å². The summed E-state index contributed by atoms with van der Waals surface area (Å²) in [6.07, 6.45) is 6.21. The summed E-state index contributed by atoms with van der Waals surface area (Å²) in [4.78, 5) is 28.5. The molecule has 8 heteroatoms. The smallest absolute Gasteiger partial charge is 0.254 e. The molecular weight excluding hydrogens is 425 g/mol. The molecule has 0 bridgehead atoms. The highest BCUT2D eigenvalue weighted by Gasteiger charge is 2.34. The number of hydrogen-bond acceptors (Lipinski definition) is 6. The molecule has 6 nitrogen and oxygen atoms in total. The predicted octanol–water partition coefficient (Wildman–Crippen LogP) is 5.00. The van der Waals surface area contributed by atoms with Crippen molar-refractivity contribution in [3.05, 3.63) is 72.3 Å². The number of likely N-dealkylation sites (N-methyl/N-ethyl adjacent to an activating group) is 1. The molecule has 1 aliphatic carbocycles. The highest BCUT2D eigenvalue weighted by atomic mass is 32.1. The summed E-state index contributed by atoms with van der Waals surface area (Å²) in [6.45, 7) is 0. The molecule has 0 saturated heterocycles. The fourth-order valence-electron chi connectivity index (χ4n) is 4.33. The van der Waals surface area contributed by atoms with Crippen molar-refractivity contribution in [3.63, 3.8) is 0 Å². The number of aromatic nitrogens is 3. The minimum Gasteiger partial charge on any atom is -0.357 e. The van der Waals surface area contributed by atoms with Crippen LogP contribution in [0.2, 0.25) is 0 Å². The van der Waals surface area contributed by atoms with Crippen molar-refractivity contribution < 1.29 is 9.18 Å². The van der Waals surface area contributed by atoms with Crippen molar-refractivity contribution in [2.24, 2.45) is 0 Å². The molecule has 2 aromatic heterocycles. The highest BCUT2D eigenvalue weighted by molar-refractivity contribution is 7.22. The quantitative estimate of drug-likeness (QED) is 0.466. The third-order valence-electron chi connectivity index (χ3n) is 5.92. The number of benzene rings is 2. The van der Waals surface area contributed by atoms with E-state index in [-0.39, 0.29) is 23.8 Å². The number of halogens is 1.